The van der Waals surface area contributed by atoms with E-state index in [1.165, 1.54) is 24.5 Å². The number of nitrogens with one attached hydrogen (secondary N) is 1. The molecule has 158 valence electrons. The van der Waals surface area contributed by atoms with Crippen LogP contribution in [-0.4, -0.2) is 27.7 Å². The van der Waals surface area contributed by atoms with Crippen molar-refractivity contribution in [3.05, 3.63) is 114 Å². The van der Waals surface area contributed by atoms with Crippen molar-refractivity contribution in [2.24, 2.45) is 11.8 Å². The van der Waals surface area contributed by atoms with Crippen LogP contribution >= 0.6 is 0 Å². The van der Waals surface area contributed by atoms with Crippen molar-refractivity contribution in [3.8, 4) is 0 Å². The van der Waals surface area contributed by atoms with Gasteiger partial charge in [0.05, 0.1) is 11.8 Å². The minimum atomic E-state index is -0.599. The third-order valence-electron chi connectivity index (χ3n) is 6.22. The largest absolute Gasteiger partial charge is 0.272 e. The van der Waals surface area contributed by atoms with E-state index in [0.29, 0.717) is 5.56 Å². The van der Waals surface area contributed by atoms with Gasteiger partial charge in [0.25, 0.3) is 17.7 Å². The van der Waals surface area contributed by atoms with E-state index in [1.54, 1.807) is 0 Å². The zero-order valence-electron chi connectivity index (χ0n) is 17.2. The molecular weight excluding hydrogens is 402 g/mol. The first-order valence-electron chi connectivity index (χ1n) is 10.5. The molecule has 6 heteroatoms. The Bertz CT molecular complexity index is 1110. The van der Waals surface area contributed by atoms with E-state index in [1.807, 2.05) is 72.8 Å². The number of pyridine rings is 1. The number of allylic oxidation sites excluding steroid dienone is 2. The number of hydrogen-bond donors (Lipinski definition) is 1. The first kappa shape index (κ1) is 19.9. The molecule has 0 saturated carbocycles. The van der Waals surface area contributed by atoms with Gasteiger partial charge in [-0.3, -0.25) is 24.8 Å². The maximum atomic E-state index is 13.5. The number of carbonyl (C=O) groups is 3. The summed E-state index contributed by atoms with van der Waals surface area (Å²) >= 11 is 0. The van der Waals surface area contributed by atoms with E-state index in [9.17, 15) is 14.4 Å². The highest BCUT2D eigenvalue weighted by atomic mass is 16.2. The van der Waals surface area contributed by atoms with Crippen molar-refractivity contribution in [3.63, 3.8) is 0 Å². The Balaban J connectivity index is 1.53. The van der Waals surface area contributed by atoms with Gasteiger partial charge in [-0.25, -0.2) is 0 Å². The Hall–Kier alpha value is -4.06. The summed E-state index contributed by atoms with van der Waals surface area (Å²) in [4.78, 5) is 43.6. The van der Waals surface area contributed by atoms with Gasteiger partial charge in [0.15, 0.2) is 0 Å². The fourth-order valence-corrected chi connectivity index (χ4v) is 4.71. The van der Waals surface area contributed by atoms with E-state index in [2.05, 4.69) is 10.4 Å². The van der Waals surface area contributed by atoms with Gasteiger partial charge in [0.2, 0.25) is 0 Å². The maximum absolute atomic E-state index is 13.5. The highest BCUT2D eigenvalue weighted by Crippen LogP contribution is 2.48. The average molecular weight is 423 g/mol. The van der Waals surface area contributed by atoms with Gasteiger partial charge in [-0.15, -0.1) is 0 Å². The number of amides is 3. The molecule has 6 nitrogen and oxygen atoms in total. The van der Waals surface area contributed by atoms with E-state index >= 15 is 0 Å². The molecule has 0 bridgehead atoms. The number of imide groups is 1. The highest BCUT2D eigenvalue weighted by Gasteiger charge is 2.55. The van der Waals surface area contributed by atoms with Gasteiger partial charge in [0.1, 0.15) is 0 Å². The summed E-state index contributed by atoms with van der Waals surface area (Å²) < 4.78 is 0. The molecule has 5 rings (SSSR count). The number of aromatic nitrogens is 1. The Labute approximate surface area is 185 Å². The highest BCUT2D eigenvalue weighted by molar-refractivity contribution is 6.09. The van der Waals surface area contributed by atoms with Crippen molar-refractivity contribution >= 4 is 17.7 Å². The molecule has 0 radical (unpaired) electrons. The minimum absolute atomic E-state index is 0.250. The van der Waals surface area contributed by atoms with Gasteiger partial charge in [-0.05, 0) is 23.3 Å². The predicted molar refractivity (Wildman–Crippen MR) is 118 cm³/mol. The predicted octanol–water partition coefficient (Wildman–Crippen LogP) is 3.47. The Morgan fingerprint density at radius 2 is 1.19 bits per heavy atom. The van der Waals surface area contributed by atoms with Crippen LogP contribution in [0, 0.1) is 11.8 Å². The van der Waals surface area contributed by atoms with E-state index in [-0.39, 0.29) is 23.7 Å². The van der Waals surface area contributed by atoms with Crippen LogP contribution in [0.5, 0.6) is 0 Å². The van der Waals surface area contributed by atoms with Gasteiger partial charge in [-0.2, -0.15) is 5.01 Å². The molecule has 1 aliphatic carbocycles. The monoisotopic (exact) mass is 423 g/mol. The second-order valence-electron chi connectivity index (χ2n) is 8.00. The minimum Gasteiger partial charge on any atom is -0.272 e. The fraction of sp³-hybridized carbons (Fsp3) is 0.154. The van der Waals surface area contributed by atoms with Crippen LogP contribution in [-0.2, 0) is 9.59 Å². The normalized spacial score (nSPS) is 24.3. The third-order valence-corrected chi connectivity index (χ3v) is 6.22. The van der Waals surface area contributed by atoms with Crippen molar-refractivity contribution in [1.82, 2.24) is 15.4 Å². The second-order valence-corrected chi connectivity index (χ2v) is 8.00. The van der Waals surface area contributed by atoms with Crippen LogP contribution in [0.1, 0.15) is 33.3 Å². The molecule has 0 unspecified atom stereocenters. The van der Waals surface area contributed by atoms with Crippen LogP contribution < -0.4 is 5.43 Å². The Morgan fingerprint density at radius 1 is 0.719 bits per heavy atom. The summed E-state index contributed by atoms with van der Waals surface area (Å²) in [6, 6.07) is 22.5. The maximum Gasteiger partial charge on any atom is 0.270 e. The average Bonchev–Trinajstić information content (AvgIpc) is 3.10. The molecule has 2 aromatic carbocycles. The molecule has 1 fully saturated rings. The third kappa shape index (κ3) is 3.39. The zero-order chi connectivity index (χ0) is 22.1. The van der Waals surface area contributed by atoms with Gasteiger partial charge in [0, 0.05) is 29.8 Å². The lowest BCUT2D eigenvalue weighted by Gasteiger charge is -2.32. The first-order chi connectivity index (χ1) is 15.6. The lowest BCUT2D eigenvalue weighted by atomic mass is 9.68. The molecule has 1 aliphatic heterocycles. The van der Waals surface area contributed by atoms with E-state index < -0.39 is 17.7 Å². The summed E-state index contributed by atoms with van der Waals surface area (Å²) in [7, 11) is 0. The number of rotatable bonds is 4. The lowest BCUT2D eigenvalue weighted by Crippen LogP contribution is -2.46. The number of carbonyl (C=O) groups excluding carboxylic acids is 3. The first-order valence-corrected chi connectivity index (χ1v) is 10.5. The second kappa shape index (κ2) is 8.23. The Kier molecular flexibility index (Phi) is 5.11. The number of hydrogen-bond acceptors (Lipinski definition) is 4. The summed E-state index contributed by atoms with van der Waals surface area (Å²) in [5.74, 6) is -2.99. The molecule has 1 N–H and O–H groups in total. The van der Waals surface area contributed by atoms with Crippen LogP contribution in [0.2, 0.25) is 0 Å². The van der Waals surface area contributed by atoms with Crippen LogP contribution in [0.4, 0.5) is 0 Å². The number of fused-ring (bicyclic) bond motifs is 1. The molecule has 2 heterocycles. The number of hydrazine groups is 1. The van der Waals surface area contributed by atoms with Crippen LogP contribution in [0.25, 0.3) is 0 Å². The topological polar surface area (TPSA) is 79.4 Å². The molecule has 2 aliphatic rings. The standard InChI is InChI=1S/C26H21N3O3/c30-24(19-13-15-27-16-14-19)28-29-25(31)22-20(17-7-3-1-4-8-17)11-12-21(23(22)26(29)32)18-9-5-2-6-10-18/h1-16,20-23H,(H,28,30)/t20-,21+,22-,23+. The summed E-state index contributed by atoms with van der Waals surface area (Å²) in [6.45, 7) is 0. The summed E-state index contributed by atoms with van der Waals surface area (Å²) in [5, 5.41) is 0.914. The molecule has 1 aromatic heterocycles. The molecule has 32 heavy (non-hydrogen) atoms. The molecule has 3 aromatic rings. The van der Waals surface area contributed by atoms with Crippen molar-refractivity contribution in [1.29, 1.82) is 0 Å². The van der Waals surface area contributed by atoms with Crippen molar-refractivity contribution in [2.75, 3.05) is 0 Å². The van der Waals surface area contributed by atoms with Crippen molar-refractivity contribution in [2.45, 2.75) is 11.8 Å². The van der Waals surface area contributed by atoms with Crippen LogP contribution in [0.15, 0.2) is 97.3 Å². The SMILES string of the molecule is O=C(NN1C(=O)[C@@H]2[C@H](C1=O)[C@@H](c1ccccc1)C=C[C@H]2c1ccccc1)c1ccncc1. The van der Waals surface area contributed by atoms with E-state index in [0.717, 1.165) is 16.1 Å². The molecular formula is C26H21N3O3. The van der Waals surface area contributed by atoms with Crippen LogP contribution in [0.3, 0.4) is 0 Å². The molecule has 4 atom stereocenters. The lowest BCUT2D eigenvalue weighted by molar-refractivity contribution is -0.142. The number of benzene rings is 2. The smallest absolute Gasteiger partial charge is 0.270 e. The van der Waals surface area contributed by atoms with E-state index in [4.69, 9.17) is 0 Å². The van der Waals surface area contributed by atoms with Gasteiger partial charge < -0.3 is 0 Å². The Morgan fingerprint density at radius 3 is 1.66 bits per heavy atom. The van der Waals surface area contributed by atoms with Gasteiger partial charge >= 0.3 is 0 Å². The van der Waals surface area contributed by atoms with Crippen molar-refractivity contribution < 1.29 is 14.4 Å². The quantitative estimate of drug-likeness (QED) is 0.515. The van der Waals surface area contributed by atoms with Gasteiger partial charge in [-0.1, -0.05) is 72.8 Å². The fourth-order valence-electron chi connectivity index (χ4n) is 4.71. The summed E-state index contributed by atoms with van der Waals surface area (Å²) in [5.41, 5.74) is 4.79. The molecule has 0 spiro atoms. The molecule has 3 amide bonds. The number of nitrogens with zero attached hydrogens (tertiary/aromatic N) is 2. The zero-order valence-corrected chi connectivity index (χ0v) is 17.2. The summed E-state index contributed by atoms with van der Waals surface area (Å²) in [6.07, 6.45) is 7.02. The molecule has 1 saturated heterocycles.